The smallest absolute Gasteiger partial charge is 0.348 e. The van der Waals surface area contributed by atoms with E-state index < -0.39 is 5.97 Å². The van der Waals surface area contributed by atoms with Crippen molar-refractivity contribution in [1.29, 1.82) is 0 Å². The normalized spacial score (nSPS) is 11.4. The van der Waals surface area contributed by atoms with E-state index in [9.17, 15) is 9.90 Å². The molecule has 0 aliphatic rings. The molecular formula is C16H15NO3S. The van der Waals surface area contributed by atoms with Crippen molar-refractivity contribution in [2.45, 2.75) is 19.8 Å². The molecule has 2 aromatic heterocycles. The summed E-state index contributed by atoms with van der Waals surface area (Å²) in [6.07, 6.45) is 1.67. The molecule has 0 aliphatic heterocycles. The Morgan fingerprint density at radius 1 is 1.33 bits per heavy atom. The quantitative estimate of drug-likeness (QED) is 0.743. The summed E-state index contributed by atoms with van der Waals surface area (Å²) in [7, 11) is 0. The number of nitrogens with two attached hydrogens (primary N) is 1. The van der Waals surface area contributed by atoms with Gasteiger partial charge in [0.2, 0.25) is 0 Å². The molecule has 0 bridgehead atoms. The Bertz CT molecular complexity index is 829. The van der Waals surface area contributed by atoms with Crippen molar-refractivity contribution in [3.8, 4) is 10.4 Å². The predicted octanol–water partition coefficient (Wildman–Crippen LogP) is 4.57. The molecule has 3 rings (SSSR count). The summed E-state index contributed by atoms with van der Waals surface area (Å²) in [4.78, 5) is 12.4. The number of hydrogen-bond acceptors (Lipinski definition) is 4. The van der Waals surface area contributed by atoms with E-state index in [1.165, 1.54) is 11.3 Å². The summed E-state index contributed by atoms with van der Waals surface area (Å²) in [6.45, 7) is 4.02. The highest BCUT2D eigenvalue weighted by Gasteiger charge is 2.25. The summed E-state index contributed by atoms with van der Waals surface area (Å²) in [5, 5.41) is 10.3. The van der Waals surface area contributed by atoms with Crippen LogP contribution in [0.1, 0.15) is 35.0 Å². The SMILES string of the molecule is CC(C)c1c(-c2coc3ccccc23)sc(C(=O)O)c1N. The molecule has 0 saturated heterocycles. The molecule has 21 heavy (non-hydrogen) atoms. The van der Waals surface area contributed by atoms with Crippen LogP contribution in [-0.2, 0) is 0 Å². The van der Waals surface area contributed by atoms with Gasteiger partial charge < -0.3 is 15.3 Å². The number of para-hydroxylation sites is 1. The Kier molecular flexibility index (Phi) is 3.22. The molecular weight excluding hydrogens is 286 g/mol. The van der Waals surface area contributed by atoms with E-state index in [-0.39, 0.29) is 10.8 Å². The molecule has 0 unspecified atom stereocenters. The number of carboxylic acids is 1. The van der Waals surface area contributed by atoms with Crippen LogP contribution in [0.2, 0.25) is 0 Å². The highest BCUT2D eigenvalue weighted by atomic mass is 32.1. The first kappa shape index (κ1) is 13.7. The number of hydrogen-bond donors (Lipinski definition) is 2. The van der Waals surface area contributed by atoms with Gasteiger partial charge in [0.1, 0.15) is 16.7 Å². The van der Waals surface area contributed by atoms with Gasteiger partial charge in [-0.25, -0.2) is 4.79 Å². The summed E-state index contributed by atoms with van der Waals surface area (Å²) in [5.74, 6) is -0.850. The Balaban J connectivity index is 2.31. The summed E-state index contributed by atoms with van der Waals surface area (Å²) in [5.41, 5.74) is 8.98. The van der Waals surface area contributed by atoms with Crippen molar-refractivity contribution in [3.05, 3.63) is 41.0 Å². The standard InChI is InChI=1S/C16H15NO3S/c1-8(2)12-13(17)15(16(18)19)21-14(12)10-7-20-11-6-4-3-5-9(10)11/h3-8H,17H2,1-2H3,(H,18,19). The lowest BCUT2D eigenvalue weighted by atomic mass is 9.98. The second-order valence-electron chi connectivity index (χ2n) is 5.19. The second kappa shape index (κ2) is 4.93. The number of anilines is 1. The van der Waals surface area contributed by atoms with Gasteiger partial charge >= 0.3 is 5.97 Å². The molecule has 0 radical (unpaired) electrons. The molecule has 0 spiro atoms. The van der Waals surface area contributed by atoms with E-state index >= 15 is 0 Å². The molecule has 108 valence electrons. The van der Waals surface area contributed by atoms with Crippen LogP contribution in [-0.4, -0.2) is 11.1 Å². The summed E-state index contributed by atoms with van der Waals surface area (Å²) in [6, 6.07) is 7.70. The number of rotatable bonds is 3. The Hall–Kier alpha value is -2.27. The van der Waals surface area contributed by atoms with Crippen LogP contribution in [0.3, 0.4) is 0 Å². The first-order valence-electron chi connectivity index (χ1n) is 6.62. The molecule has 0 atom stereocenters. The van der Waals surface area contributed by atoms with Gasteiger partial charge in [-0.1, -0.05) is 32.0 Å². The molecule has 0 amide bonds. The van der Waals surface area contributed by atoms with E-state index in [0.717, 1.165) is 27.0 Å². The topological polar surface area (TPSA) is 76.5 Å². The number of thiophene rings is 1. The maximum atomic E-state index is 11.4. The highest BCUT2D eigenvalue weighted by molar-refractivity contribution is 7.18. The Morgan fingerprint density at radius 3 is 2.71 bits per heavy atom. The van der Waals surface area contributed by atoms with E-state index in [2.05, 4.69) is 0 Å². The molecule has 4 nitrogen and oxygen atoms in total. The number of nitrogen functional groups attached to an aromatic ring is 1. The van der Waals surface area contributed by atoms with Gasteiger partial charge in [0.25, 0.3) is 0 Å². The molecule has 3 aromatic rings. The van der Waals surface area contributed by atoms with Crippen LogP contribution < -0.4 is 5.73 Å². The van der Waals surface area contributed by atoms with E-state index in [1.807, 2.05) is 38.1 Å². The van der Waals surface area contributed by atoms with Crippen LogP contribution >= 0.6 is 11.3 Å². The lowest BCUT2D eigenvalue weighted by Crippen LogP contribution is -2.00. The van der Waals surface area contributed by atoms with E-state index in [4.69, 9.17) is 10.2 Å². The number of aromatic carboxylic acids is 1. The van der Waals surface area contributed by atoms with Gasteiger partial charge in [0, 0.05) is 15.8 Å². The fourth-order valence-electron chi connectivity index (χ4n) is 2.54. The maximum absolute atomic E-state index is 11.4. The third-order valence-electron chi connectivity index (χ3n) is 3.48. The summed E-state index contributed by atoms with van der Waals surface area (Å²) < 4.78 is 5.57. The minimum absolute atomic E-state index is 0.137. The van der Waals surface area contributed by atoms with Crippen molar-refractivity contribution in [1.82, 2.24) is 0 Å². The zero-order valence-electron chi connectivity index (χ0n) is 11.7. The molecule has 3 N–H and O–H groups in total. The fourth-order valence-corrected chi connectivity index (χ4v) is 3.78. The van der Waals surface area contributed by atoms with Gasteiger partial charge in [-0.15, -0.1) is 11.3 Å². The van der Waals surface area contributed by atoms with Gasteiger partial charge in [-0.3, -0.25) is 0 Å². The van der Waals surface area contributed by atoms with Crippen LogP contribution in [0.4, 0.5) is 5.69 Å². The lowest BCUT2D eigenvalue weighted by molar-refractivity contribution is 0.0703. The molecule has 0 aliphatic carbocycles. The first-order valence-corrected chi connectivity index (χ1v) is 7.44. The molecule has 5 heteroatoms. The molecule has 0 saturated carbocycles. The minimum atomic E-state index is -0.988. The molecule has 0 fully saturated rings. The van der Waals surface area contributed by atoms with Gasteiger partial charge in [0.05, 0.1) is 5.69 Å². The minimum Gasteiger partial charge on any atom is -0.477 e. The Morgan fingerprint density at radius 2 is 2.05 bits per heavy atom. The van der Waals surface area contributed by atoms with Crippen molar-refractivity contribution < 1.29 is 14.3 Å². The van der Waals surface area contributed by atoms with Crippen LogP contribution in [0.5, 0.6) is 0 Å². The summed E-state index contributed by atoms with van der Waals surface area (Å²) >= 11 is 1.21. The monoisotopic (exact) mass is 301 g/mol. The highest BCUT2D eigenvalue weighted by Crippen LogP contribution is 2.45. The lowest BCUT2D eigenvalue weighted by Gasteiger charge is -2.07. The average Bonchev–Trinajstić information content (AvgIpc) is 2.99. The second-order valence-corrected chi connectivity index (χ2v) is 6.21. The zero-order valence-corrected chi connectivity index (χ0v) is 12.5. The number of fused-ring (bicyclic) bond motifs is 1. The maximum Gasteiger partial charge on any atom is 0.348 e. The van der Waals surface area contributed by atoms with E-state index in [0.29, 0.717) is 5.69 Å². The predicted molar refractivity (Wildman–Crippen MR) is 85.0 cm³/mol. The largest absolute Gasteiger partial charge is 0.477 e. The van der Waals surface area contributed by atoms with Crippen LogP contribution in [0.25, 0.3) is 21.4 Å². The Labute approximate surface area is 125 Å². The van der Waals surface area contributed by atoms with Crippen molar-refractivity contribution in [2.24, 2.45) is 0 Å². The first-order chi connectivity index (χ1) is 10.0. The number of carboxylic acid groups (broad SMARTS) is 1. The molecule has 1 aromatic carbocycles. The molecule has 2 heterocycles. The third-order valence-corrected chi connectivity index (χ3v) is 4.72. The van der Waals surface area contributed by atoms with Gasteiger partial charge in [-0.2, -0.15) is 0 Å². The van der Waals surface area contributed by atoms with Crippen LogP contribution in [0, 0.1) is 0 Å². The number of benzene rings is 1. The van der Waals surface area contributed by atoms with Gasteiger partial charge in [0.15, 0.2) is 0 Å². The fraction of sp³-hybridized carbons (Fsp3) is 0.188. The van der Waals surface area contributed by atoms with E-state index in [1.54, 1.807) is 6.26 Å². The number of furan rings is 1. The average molecular weight is 301 g/mol. The van der Waals surface area contributed by atoms with Crippen molar-refractivity contribution in [2.75, 3.05) is 5.73 Å². The van der Waals surface area contributed by atoms with Crippen molar-refractivity contribution in [3.63, 3.8) is 0 Å². The van der Waals surface area contributed by atoms with Crippen LogP contribution in [0.15, 0.2) is 34.9 Å². The number of carbonyl (C=O) groups is 1. The third kappa shape index (κ3) is 2.10. The zero-order chi connectivity index (χ0) is 15.1. The van der Waals surface area contributed by atoms with Crippen molar-refractivity contribution >= 4 is 34.0 Å². The van der Waals surface area contributed by atoms with Gasteiger partial charge in [-0.05, 0) is 17.5 Å².